The van der Waals surface area contributed by atoms with Gasteiger partial charge in [-0.25, -0.2) is 4.99 Å². The van der Waals surface area contributed by atoms with Gasteiger partial charge in [0.15, 0.2) is 5.84 Å². The number of fused-ring (bicyclic) bond motifs is 7. The van der Waals surface area contributed by atoms with Gasteiger partial charge in [-0.1, -0.05) is 78.9 Å². The Kier molecular flexibility index (Phi) is 4.73. The number of hydrogen-bond acceptors (Lipinski definition) is 3. The van der Waals surface area contributed by atoms with Gasteiger partial charge in [-0.05, 0) is 42.3 Å². The minimum atomic E-state index is 0.213. The maximum Gasteiger partial charge on any atom is 0.154 e. The number of aliphatic imine (C=N–C) groups is 2. The van der Waals surface area contributed by atoms with Crippen molar-refractivity contribution >= 4 is 18.1 Å². The molecule has 2 aromatic rings. The average molecular weight is 419 g/mol. The Morgan fingerprint density at radius 2 is 1.97 bits per heavy atom. The van der Waals surface area contributed by atoms with Crippen molar-refractivity contribution in [2.45, 2.75) is 37.6 Å². The summed E-state index contributed by atoms with van der Waals surface area (Å²) in [6, 6.07) is 17.6. The molecule has 3 atom stereocenters. The maximum atomic E-state index is 4.77. The SMILES string of the molecule is C=NC(=NCc1ccc2c(c1)C1=C(CCC=C1)N1C2NC2C=CC=CC21)c1ccccc1. The topological polar surface area (TPSA) is 40.0 Å². The van der Waals surface area contributed by atoms with Crippen molar-refractivity contribution in [3.8, 4) is 0 Å². The van der Waals surface area contributed by atoms with Crippen molar-refractivity contribution < 1.29 is 0 Å². The minimum Gasteiger partial charge on any atom is -0.346 e. The van der Waals surface area contributed by atoms with Gasteiger partial charge >= 0.3 is 0 Å². The molecule has 4 nitrogen and oxygen atoms in total. The van der Waals surface area contributed by atoms with Gasteiger partial charge in [-0.3, -0.25) is 10.3 Å². The Hall–Kier alpha value is -3.50. The molecule has 2 aromatic carbocycles. The van der Waals surface area contributed by atoms with E-state index < -0.39 is 0 Å². The van der Waals surface area contributed by atoms with Crippen LogP contribution in [0, 0.1) is 0 Å². The van der Waals surface area contributed by atoms with Crippen molar-refractivity contribution in [2.75, 3.05) is 0 Å². The molecule has 0 spiro atoms. The molecule has 0 bridgehead atoms. The molecule has 6 rings (SSSR count). The number of nitrogens with one attached hydrogen (secondary N) is 1. The summed E-state index contributed by atoms with van der Waals surface area (Å²) >= 11 is 0. The lowest BCUT2D eigenvalue weighted by Gasteiger charge is -2.40. The third kappa shape index (κ3) is 3.10. The van der Waals surface area contributed by atoms with Crippen molar-refractivity contribution in [2.24, 2.45) is 9.98 Å². The number of benzene rings is 2. The van der Waals surface area contributed by atoms with Crippen molar-refractivity contribution in [1.29, 1.82) is 0 Å². The van der Waals surface area contributed by atoms with E-state index in [9.17, 15) is 0 Å². The quantitative estimate of drug-likeness (QED) is 0.551. The van der Waals surface area contributed by atoms with E-state index in [0.717, 1.165) is 18.4 Å². The Morgan fingerprint density at radius 1 is 1.09 bits per heavy atom. The fourth-order valence-corrected chi connectivity index (χ4v) is 5.35. The van der Waals surface area contributed by atoms with Crippen LogP contribution in [-0.2, 0) is 6.54 Å². The Balaban J connectivity index is 1.38. The summed E-state index contributed by atoms with van der Waals surface area (Å²) in [6.07, 6.45) is 16.0. The molecule has 4 aliphatic rings. The van der Waals surface area contributed by atoms with Crippen LogP contribution in [0.5, 0.6) is 0 Å². The summed E-state index contributed by atoms with van der Waals surface area (Å²) in [5, 5.41) is 3.86. The molecule has 4 heteroatoms. The standard InChI is InChI=1S/C28H26N4/c1-29-27(20-9-3-2-4-10-20)30-18-19-15-16-22-23(17-19)21-11-5-7-13-25(21)32-26-14-8-6-12-24(26)31-28(22)32/h2-6,8-12,14-17,24,26,28,31H,1,7,13,18H2. The molecule has 158 valence electrons. The van der Waals surface area contributed by atoms with E-state index >= 15 is 0 Å². The van der Waals surface area contributed by atoms with Gasteiger partial charge in [-0.15, -0.1) is 0 Å². The molecule has 0 aromatic heterocycles. The molecule has 2 aliphatic heterocycles. The van der Waals surface area contributed by atoms with Crippen LogP contribution in [0.15, 0.2) is 101 Å². The lowest BCUT2D eigenvalue weighted by Crippen LogP contribution is -2.37. The van der Waals surface area contributed by atoms with E-state index in [4.69, 9.17) is 4.99 Å². The molecule has 1 fully saturated rings. The second-order valence-electron chi connectivity index (χ2n) is 8.65. The Bertz CT molecular complexity index is 1220. The van der Waals surface area contributed by atoms with Gasteiger partial charge in [0.2, 0.25) is 0 Å². The summed E-state index contributed by atoms with van der Waals surface area (Å²) in [4.78, 5) is 11.5. The highest BCUT2D eigenvalue weighted by Gasteiger charge is 2.44. The number of rotatable bonds is 3. The lowest BCUT2D eigenvalue weighted by atomic mass is 9.86. The van der Waals surface area contributed by atoms with Gasteiger partial charge in [0.05, 0.1) is 18.6 Å². The normalized spacial score (nSPS) is 25.3. The molecule has 0 saturated carbocycles. The van der Waals surface area contributed by atoms with Gasteiger partial charge in [-0.2, -0.15) is 0 Å². The molecular formula is C28H26N4. The van der Waals surface area contributed by atoms with Crippen LogP contribution < -0.4 is 5.32 Å². The first kappa shape index (κ1) is 19.2. The third-order valence-corrected chi connectivity index (χ3v) is 6.81. The van der Waals surface area contributed by atoms with Gasteiger partial charge < -0.3 is 4.90 Å². The summed E-state index contributed by atoms with van der Waals surface area (Å²) in [6.45, 7) is 4.31. The number of nitrogens with zero attached hydrogens (tertiary/aromatic N) is 3. The number of allylic oxidation sites excluding steroid dienone is 6. The number of hydrogen-bond donors (Lipinski definition) is 1. The predicted octanol–water partition coefficient (Wildman–Crippen LogP) is 5.18. The lowest BCUT2D eigenvalue weighted by molar-refractivity contribution is 0.260. The summed E-state index contributed by atoms with van der Waals surface area (Å²) in [5.41, 5.74) is 7.69. The van der Waals surface area contributed by atoms with Crippen LogP contribution >= 0.6 is 0 Å². The molecule has 3 unspecified atom stereocenters. The predicted molar refractivity (Wildman–Crippen MR) is 132 cm³/mol. The van der Waals surface area contributed by atoms with E-state index in [-0.39, 0.29) is 6.17 Å². The highest BCUT2D eigenvalue weighted by atomic mass is 15.4. The number of amidine groups is 1. The largest absolute Gasteiger partial charge is 0.346 e. The zero-order chi connectivity index (χ0) is 21.5. The molecule has 1 saturated heterocycles. The van der Waals surface area contributed by atoms with Crippen molar-refractivity contribution in [1.82, 2.24) is 10.2 Å². The monoisotopic (exact) mass is 418 g/mol. The fraction of sp³-hybridized carbons (Fsp3) is 0.214. The van der Waals surface area contributed by atoms with E-state index in [0.29, 0.717) is 24.5 Å². The second-order valence-corrected chi connectivity index (χ2v) is 8.65. The first-order valence-corrected chi connectivity index (χ1v) is 11.3. The summed E-state index contributed by atoms with van der Waals surface area (Å²) in [7, 11) is 0. The van der Waals surface area contributed by atoms with E-state index in [1.54, 1.807) is 0 Å². The first-order chi connectivity index (χ1) is 15.8. The minimum absolute atomic E-state index is 0.213. The van der Waals surface area contributed by atoms with Gasteiger partial charge in [0, 0.05) is 16.8 Å². The fourth-order valence-electron chi connectivity index (χ4n) is 5.35. The van der Waals surface area contributed by atoms with Gasteiger partial charge in [0.25, 0.3) is 0 Å². The average Bonchev–Trinajstić information content (AvgIpc) is 3.25. The molecule has 0 amide bonds. The van der Waals surface area contributed by atoms with Gasteiger partial charge in [0.1, 0.15) is 6.17 Å². The molecular weight excluding hydrogens is 392 g/mol. The van der Waals surface area contributed by atoms with Crippen LogP contribution in [0.4, 0.5) is 0 Å². The zero-order valence-electron chi connectivity index (χ0n) is 18.0. The van der Waals surface area contributed by atoms with Crippen molar-refractivity contribution in [3.63, 3.8) is 0 Å². The van der Waals surface area contributed by atoms with Crippen LogP contribution in [0.1, 0.15) is 41.3 Å². The van der Waals surface area contributed by atoms with Crippen molar-refractivity contribution in [3.05, 3.63) is 113 Å². The van der Waals surface area contributed by atoms with Crippen LogP contribution in [0.25, 0.3) is 5.57 Å². The van der Waals surface area contributed by atoms with Crippen LogP contribution in [-0.4, -0.2) is 29.5 Å². The second kappa shape index (κ2) is 7.88. The molecule has 32 heavy (non-hydrogen) atoms. The molecule has 2 heterocycles. The molecule has 0 radical (unpaired) electrons. The summed E-state index contributed by atoms with van der Waals surface area (Å²) in [5.74, 6) is 0.687. The van der Waals surface area contributed by atoms with E-state index in [2.05, 4.69) is 76.6 Å². The molecule has 1 N–H and O–H groups in total. The summed E-state index contributed by atoms with van der Waals surface area (Å²) < 4.78 is 0. The smallest absolute Gasteiger partial charge is 0.154 e. The first-order valence-electron chi connectivity index (χ1n) is 11.3. The van der Waals surface area contributed by atoms with Crippen LogP contribution in [0.2, 0.25) is 0 Å². The maximum absolute atomic E-state index is 4.77. The third-order valence-electron chi connectivity index (χ3n) is 6.81. The highest BCUT2D eigenvalue weighted by molar-refractivity contribution is 6.01. The molecule has 2 aliphatic carbocycles. The Labute approximate surface area is 189 Å². The van der Waals surface area contributed by atoms with E-state index in [1.165, 1.54) is 28.0 Å². The van der Waals surface area contributed by atoms with Crippen LogP contribution in [0.3, 0.4) is 0 Å². The highest BCUT2D eigenvalue weighted by Crippen LogP contribution is 2.47. The van der Waals surface area contributed by atoms with E-state index in [1.807, 2.05) is 30.3 Å². The zero-order valence-corrected chi connectivity index (χ0v) is 18.0. The Morgan fingerprint density at radius 3 is 2.84 bits per heavy atom.